The molecule has 142 valence electrons. The summed E-state index contributed by atoms with van der Waals surface area (Å²) in [6.07, 6.45) is 4.60. The van der Waals surface area contributed by atoms with Crippen LogP contribution in [0.2, 0.25) is 0 Å². The molecule has 0 bridgehead atoms. The van der Waals surface area contributed by atoms with Crippen LogP contribution in [0.4, 0.5) is 5.69 Å². The van der Waals surface area contributed by atoms with E-state index in [9.17, 15) is 0 Å². The van der Waals surface area contributed by atoms with Crippen molar-refractivity contribution in [2.45, 2.75) is 45.7 Å². The highest BCUT2D eigenvalue weighted by Crippen LogP contribution is 2.33. The zero-order valence-electron chi connectivity index (χ0n) is 16.6. The number of H-pyrrole nitrogens is 1. The lowest BCUT2D eigenvalue weighted by atomic mass is 9.93. The quantitative estimate of drug-likeness (QED) is 0.599. The topological polar surface area (TPSA) is 41.1 Å². The van der Waals surface area contributed by atoms with Gasteiger partial charge in [-0.05, 0) is 49.4 Å². The van der Waals surface area contributed by atoms with Gasteiger partial charge in [-0.25, -0.2) is 4.98 Å². The number of nitrogens with one attached hydrogen (secondary N) is 1. The van der Waals surface area contributed by atoms with Gasteiger partial charge in [0.25, 0.3) is 0 Å². The first-order chi connectivity index (χ1) is 13.1. The summed E-state index contributed by atoms with van der Waals surface area (Å²) in [4.78, 5) is 9.70. The molecule has 1 atom stereocenters. The fourth-order valence-corrected chi connectivity index (χ4v) is 3.44. The third-order valence-corrected chi connectivity index (χ3v) is 4.98. The number of ether oxygens (including phenoxy) is 1. The van der Waals surface area contributed by atoms with Gasteiger partial charge in [0.1, 0.15) is 5.75 Å². The lowest BCUT2D eigenvalue weighted by molar-refractivity contribution is 0.412. The predicted octanol–water partition coefficient (Wildman–Crippen LogP) is 5.18. The monoisotopic (exact) mass is 363 g/mol. The van der Waals surface area contributed by atoms with Crippen LogP contribution in [0.3, 0.4) is 0 Å². The second-order valence-corrected chi connectivity index (χ2v) is 7.32. The van der Waals surface area contributed by atoms with E-state index >= 15 is 0 Å². The number of hydrogen-bond donors (Lipinski definition) is 1. The lowest BCUT2D eigenvalue weighted by Gasteiger charge is -2.30. The fourth-order valence-electron chi connectivity index (χ4n) is 3.44. The molecule has 0 saturated heterocycles. The van der Waals surface area contributed by atoms with Crippen LogP contribution in [0.25, 0.3) is 0 Å². The maximum Gasteiger partial charge on any atom is 0.142 e. The van der Waals surface area contributed by atoms with Crippen LogP contribution in [-0.4, -0.2) is 23.1 Å². The fraction of sp³-hybridized carbons (Fsp3) is 0.348. The molecule has 2 aromatic carbocycles. The SMILES string of the molecule is COc1ccc(CC(C)c2ccccc2)cc1N(Cc1cnc[nH]1)C(C)C. The number of rotatable bonds is 8. The maximum atomic E-state index is 5.67. The zero-order chi connectivity index (χ0) is 19.2. The highest BCUT2D eigenvalue weighted by Gasteiger charge is 2.18. The van der Waals surface area contributed by atoms with Gasteiger partial charge in [-0.15, -0.1) is 0 Å². The van der Waals surface area contributed by atoms with E-state index in [2.05, 4.69) is 84.2 Å². The minimum absolute atomic E-state index is 0.337. The van der Waals surface area contributed by atoms with Crippen LogP contribution in [0.15, 0.2) is 61.1 Å². The molecule has 0 aliphatic carbocycles. The van der Waals surface area contributed by atoms with E-state index in [1.807, 2.05) is 6.20 Å². The van der Waals surface area contributed by atoms with Crippen LogP contribution in [0.5, 0.6) is 5.75 Å². The molecule has 1 heterocycles. The Morgan fingerprint density at radius 2 is 1.85 bits per heavy atom. The summed E-state index contributed by atoms with van der Waals surface area (Å²) < 4.78 is 5.67. The van der Waals surface area contributed by atoms with Gasteiger partial charge in [0.2, 0.25) is 0 Å². The Hall–Kier alpha value is -2.75. The first kappa shape index (κ1) is 19.0. The van der Waals surface area contributed by atoms with E-state index in [4.69, 9.17) is 4.74 Å². The molecule has 0 aliphatic rings. The molecular weight excluding hydrogens is 334 g/mol. The second-order valence-electron chi connectivity index (χ2n) is 7.32. The Balaban J connectivity index is 1.87. The summed E-state index contributed by atoms with van der Waals surface area (Å²) in [5, 5.41) is 0. The molecule has 1 N–H and O–H groups in total. The maximum absolute atomic E-state index is 5.67. The average Bonchev–Trinajstić information content (AvgIpc) is 3.20. The van der Waals surface area contributed by atoms with Crippen molar-refractivity contribution >= 4 is 5.69 Å². The molecule has 27 heavy (non-hydrogen) atoms. The average molecular weight is 364 g/mol. The summed E-state index contributed by atoms with van der Waals surface area (Å²) in [6, 6.07) is 17.6. The number of nitrogens with zero attached hydrogens (tertiary/aromatic N) is 2. The Bertz CT molecular complexity index is 828. The number of imidazole rings is 1. The lowest BCUT2D eigenvalue weighted by Crippen LogP contribution is -2.30. The van der Waals surface area contributed by atoms with Crippen molar-refractivity contribution in [3.05, 3.63) is 77.9 Å². The molecular formula is C23H29N3O. The van der Waals surface area contributed by atoms with Gasteiger partial charge in [-0.3, -0.25) is 0 Å². The van der Waals surface area contributed by atoms with Crippen LogP contribution in [-0.2, 0) is 13.0 Å². The summed E-state index contributed by atoms with van der Waals surface area (Å²) in [5.41, 5.74) is 4.90. The van der Waals surface area contributed by atoms with Gasteiger partial charge in [0.15, 0.2) is 0 Å². The Kier molecular flexibility index (Phi) is 6.17. The van der Waals surface area contributed by atoms with E-state index in [1.165, 1.54) is 11.1 Å². The summed E-state index contributed by atoms with van der Waals surface area (Å²) in [6.45, 7) is 7.46. The minimum atomic E-state index is 0.337. The summed E-state index contributed by atoms with van der Waals surface area (Å²) in [5.74, 6) is 1.37. The van der Waals surface area contributed by atoms with Crippen LogP contribution >= 0.6 is 0 Å². The van der Waals surface area contributed by atoms with E-state index in [0.717, 1.165) is 30.1 Å². The molecule has 3 rings (SSSR count). The van der Waals surface area contributed by atoms with Crippen molar-refractivity contribution < 1.29 is 4.74 Å². The Morgan fingerprint density at radius 3 is 2.48 bits per heavy atom. The normalized spacial score (nSPS) is 12.2. The third kappa shape index (κ3) is 4.70. The van der Waals surface area contributed by atoms with Crippen LogP contribution < -0.4 is 9.64 Å². The van der Waals surface area contributed by atoms with Crippen LogP contribution in [0.1, 0.15) is 43.5 Å². The van der Waals surface area contributed by atoms with Gasteiger partial charge >= 0.3 is 0 Å². The van der Waals surface area contributed by atoms with Crippen molar-refractivity contribution in [1.82, 2.24) is 9.97 Å². The first-order valence-electron chi connectivity index (χ1n) is 9.54. The smallest absolute Gasteiger partial charge is 0.142 e. The largest absolute Gasteiger partial charge is 0.495 e. The van der Waals surface area contributed by atoms with Gasteiger partial charge < -0.3 is 14.6 Å². The molecule has 0 radical (unpaired) electrons. The molecule has 4 heteroatoms. The van der Waals surface area contributed by atoms with Gasteiger partial charge in [0.05, 0.1) is 31.4 Å². The van der Waals surface area contributed by atoms with E-state index in [-0.39, 0.29) is 0 Å². The van der Waals surface area contributed by atoms with Gasteiger partial charge in [0, 0.05) is 12.2 Å². The number of aromatic nitrogens is 2. The molecule has 0 spiro atoms. The molecule has 1 unspecified atom stereocenters. The summed E-state index contributed by atoms with van der Waals surface area (Å²) >= 11 is 0. The number of hydrogen-bond acceptors (Lipinski definition) is 3. The molecule has 0 fully saturated rings. The number of aromatic amines is 1. The van der Waals surface area contributed by atoms with Crippen molar-refractivity contribution in [1.29, 1.82) is 0 Å². The van der Waals surface area contributed by atoms with E-state index in [1.54, 1.807) is 13.4 Å². The molecule has 1 aromatic heterocycles. The van der Waals surface area contributed by atoms with Crippen molar-refractivity contribution in [3.63, 3.8) is 0 Å². The van der Waals surface area contributed by atoms with Crippen LogP contribution in [0, 0.1) is 0 Å². The molecule has 0 aliphatic heterocycles. The van der Waals surface area contributed by atoms with Crippen molar-refractivity contribution in [3.8, 4) is 5.75 Å². The number of anilines is 1. The second kappa shape index (κ2) is 8.76. The highest BCUT2D eigenvalue weighted by atomic mass is 16.5. The highest BCUT2D eigenvalue weighted by molar-refractivity contribution is 5.61. The van der Waals surface area contributed by atoms with E-state index in [0.29, 0.717) is 12.0 Å². The predicted molar refractivity (Wildman–Crippen MR) is 111 cm³/mol. The van der Waals surface area contributed by atoms with Gasteiger partial charge in [-0.2, -0.15) is 0 Å². The molecule has 4 nitrogen and oxygen atoms in total. The minimum Gasteiger partial charge on any atom is -0.495 e. The number of benzene rings is 2. The molecule has 0 amide bonds. The van der Waals surface area contributed by atoms with E-state index < -0.39 is 0 Å². The Labute approximate surface area is 162 Å². The standard InChI is InChI=1S/C23H29N3O/c1-17(2)26(15-21-14-24-16-25-21)22-13-19(10-11-23(22)27-4)12-18(3)20-8-6-5-7-9-20/h5-11,13-14,16-18H,12,15H2,1-4H3,(H,24,25). The van der Waals surface area contributed by atoms with Gasteiger partial charge in [-0.1, -0.05) is 43.3 Å². The first-order valence-corrected chi connectivity index (χ1v) is 9.54. The molecule has 3 aromatic rings. The summed E-state index contributed by atoms with van der Waals surface area (Å²) in [7, 11) is 1.74. The Morgan fingerprint density at radius 1 is 1.07 bits per heavy atom. The zero-order valence-corrected chi connectivity index (χ0v) is 16.6. The molecule has 0 saturated carbocycles. The van der Waals surface area contributed by atoms with Crippen molar-refractivity contribution in [2.24, 2.45) is 0 Å². The third-order valence-electron chi connectivity index (χ3n) is 4.98. The van der Waals surface area contributed by atoms with Crippen molar-refractivity contribution in [2.75, 3.05) is 12.0 Å². The number of methoxy groups -OCH3 is 1.